The minimum absolute atomic E-state index is 0.0118. The quantitative estimate of drug-likeness (QED) is 0.456. The van der Waals surface area contributed by atoms with Gasteiger partial charge in [0.2, 0.25) is 0 Å². The van der Waals surface area contributed by atoms with E-state index in [4.69, 9.17) is 16.3 Å². The van der Waals surface area contributed by atoms with Crippen molar-refractivity contribution in [3.8, 4) is 5.75 Å². The zero-order valence-corrected chi connectivity index (χ0v) is 11.8. The van der Waals surface area contributed by atoms with Gasteiger partial charge in [0.25, 0.3) is 0 Å². The Hall–Kier alpha value is -1.76. The largest absolute Gasteiger partial charge is 0.573 e. The number of hydrogen-bond acceptors (Lipinski definition) is 4. The summed E-state index contributed by atoms with van der Waals surface area (Å²) in [5, 5.41) is 0. The smallest absolute Gasteiger partial charge is 0.462 e. The van der Waals surface area contributed by atoms with E-state index in [-0.39, 0.29) is 30.0 Å². The van der Waals surface area contributed by atoms with Gasteiger partial charge in [-0.1, -0.05) is 0 Å². The zero-order valence-electron chi connectivity index (χ0n) is 11.0. The van der Waals surface area contributed by atoms with Gasteiger partial charge in [-0.05, 0) is 25.1 Å². The molecule has 0 bridgehead atoms. The molecule has 0 radical (unpaired) electrons. The fourth-order valence-corrected chi connectivity index (χ4v) is 1.69. The summed E-state index contributed by atoms with van der Waals surface area (Å²) < 4.78 is 45.2. The third-order valence-corrected chi connectivity index (χ3v) is 2.48. The summed E-state index contributed by atoms with van der Waals surface area (Å²) in [4.78, 5) is 23.3. The topological polar surface area (TPSA) is 52.6 Å². The van der Waals surface area contributed by atoms with Crippen LogP contribution < -0.4 is 4.74 Å². The number of rotatable bonds is 6. The van der Waals surface area contributed by atoms with Crippen molar-refractivity contribution in [1.29, 1.82) is 0 Å². The van der Waals surface area contributed by atoms with Crippen molar-refractivity contribution in [3.05, 3.63) is 29.3 Å². The Labute approximate surface area is 123 Å². The molecule has 116 valence electrons. The van der Waals surface area contributed by atoms with Crippen LogP contribution in [0.15, 0.2) is 18.2 Å². The van der Waals surface area contributed by atoms with Gasteiger partial charge in [0.05, 0.1) is 12.2 Å². The van der Waals surface area contributed by atoms with Crippen LogP contribution in [0.5, 0.6) is 5.75 Å². The van der Waals surface area contributed by atoms with Crippen molar-refractivity contribution in [2.45, 2.75) is 19.7 Å². The molecule has 21 heavy (non-hydrogen) atoms. The van der Waals surface area contributed by atoms with Crippen LogP contribution >= 0.6 is 11.6 Å². The van der Waals surface area contributed by atoms with Gasteiger partial charge in [-0.15, -0.1) is 24.8 Å². The number of esters is 1. The number of alkyl halides is 4. The summed E-state index contributed by atoms with van der Waals surface area (Å²) in [5.74, 6) is -1.99. The van der Waals surface area contributed by atoms with Crippen molar-refractivity contribution >= 4 is 23.4 Å². The predicted molar refractivity (Wildman–Crippen MR) is 68.7 cm³/mol. The lowest BCUT2D eigenvalue weighted by atomic mass is 10.0. The van der Waals surface area contributed by atoms with Crippen molar-refractivity contribution in [1.82, 2.24) is 0 Å². The van der Waals surface area contributed by atoms with Crippen molar-refractivity contribution in [2.24, 2.45) is 0 Å². The highest BCUT2D eigenvalue weighted by Gasteiger charge is 2.31. The Morgan fingerprint density at radius 2 is 1.81 bits per heavy atom. The summed E-state index contributed by atoms with van der Waals surface area (Å²) in [7, 11) is 0. The fourth-order valence-electron chi connectivity index (χ4n) is 1.52. The highest BCUT2D eigenvalue weighted by Crippen LogP contribution is 2.26. The normalized spacial score (nSPS) is 11.1. The highest BCUT2D eigenvalue weighted by atomic mass is 35.5. The fraction of sp³-hybridized carbons (Fsp3) is 0.385. The maximum absolute atomic E-state index is 12.3. The molecule has 0 fully saturated rings. The molecule has 0 N–H and O–H groups in total. The average molecular weight is 325 g/mol. The van der Waals surface area contributed by atoms with E-state index in [0.29, 0.717) is 0 Å². The number of carbonyl (C=O) groups is 2. The van der Waals surface area contributed by atoms with Gasteiger partial charge in [-0.2, -0.15) is 0 Å². The summed E-state index contributed by atoms with van der Waals surface area (Å²) in [6.45, 7) is 1.60. The zero-order chi connectivity index (χ0) is 16.0. The molecule has 0 spiro atoms. The molecule has 1 aromatic rings. The van der Waals surface area contributed by atoms with Crippen molar-refractivity contribution in [2.75, 3.05) is 12.5 Å². The number of Topliss-reactive ketones (excluding diaryl/α,β-unsaturated/α-hetero) is 1. The average Bonchev–Trinajstić information content (AvgIpc) is 2.37. The van der Waals surface area contributed by atoms with Crippen LogP contribution in [-0.2, 0) is 4.74 Å². The van der Waals surface area contributed by atoms with E-state index in [1.54, 1.807) is 6.92 Å². The molecule has 1 rings (SSSR count). The number of carbonyl (C=O) groups excluding carboxylic acids is 2. The second-order valence-electron chi connectivity index (χ2n) is 3.88. The number of ketones is 1. The summed E-state index contributed by atoms with van der Waals surface area (Å²) in [6, 6.07) is 2.92. The minimum atomic E-state index is -4.93. The molecule has 0 aliphatic heterocycles. The van der Waals surface area contributed by atoms with Crippen molar-refractivity contribution in [3.63, 3.8) is 0 Å². The molecule has 0 aliphatic carbocycles. The van der Waals surface area contributed by atoms with E-state index in [0.717, 1.165) is 18.2 Å². The number of halogens is 4. The molecule has 0 saturated carbocycles. The van der Waals surface area contributed by atoms with Gasteiger partial charge in [0, 0.05) is 17.9 Å². The second kappa shape index (κ2) is 7.31. The number of hydrogen-bond donors (Lipinski definition) is 0. The summed E-state index contributed by atoms with van der Waals surface area (Å²) >= 11 is 5.42. The van der Waals surface area contributed by atoms with E-state index in [2.05, 4.69) is 4.74 Å². The first-order valence-corrected chi connectivity index (χ1v) is 6.47. The monoisotopic (exact) mass is 324 g/mol. The maximum atomic E-state index is 12.3. The van der Waals surface area contributed by atoms with E-state index in [1.807, 2.05) is 0 Å². The van der Waals surface area contributed by atoms with Crippen molar-refractivity contribution < 1.29 is 32.2 Å². The Balaban J connectivity index is 3.19. The molecule has 0 aliphatic rings. The minimum Gasteiger partial charge on any atom is -0.462 e. The maximum Gasteiger partial charge on any atom is 0.573 e. The van der Waals surface area contributed by atoms with Gasteiger partial charge < -0.3 is 9.47 Å². The molecular formula is C13H12ClF3O4. The first kappa shape index (κ1) is 17.3. The lowest BCUT2D eigenvalue weighted by Gasteiger charge is -2.12. The van der Waals surface area contributed by atoms with Gasteiger partial charge in [-0.3, -0.25) is 4.79 Å². The van der Waals surface area contributed by atoms with Crippen LogP contribution in [0, 0.1) is 0 Å². The molecule has 0 aromatic heterocycles. The molecular weight excluding hydrogens is 313 g/mol. The molecule has 1 aromatic carbocycles. The van der Waals surface area contributed by atoms with E-state index >= 15 is 0 Å². The summed E-state index contributed by atoms with van der Waals surface area (Å²) in [5.41, 5.74) is -0.294. The van der Waals surface area contributed by atoms with Crippen LogP contribution in [0.4, 0.5) is 13.2 Å². The third-order valence-electron chi connectivity index (χ3n) is 2.29. The summed E-state index contributed by atoms with van der Waals surface area (Å²) in [6.07, 6.45) is -5.00. The number of ether oxygens (including phenoxy) is 2. The highest BCUT2D eigenvalue weighted by molar-refractivity contribution is 6.19. The standard InChI is InChI=1S/C13H12ClF3O4/c1-2-20-12(19)9-5-8(11(18)3-4-14)6-10(7-9)21-13(15,16)17/h5-7H,2-4H2,1H3. The van der Waals surface area contributed by atoms with Gasteiger partial charge >= 0.3 is 12.3 Å². The Kier molecular flexibility index (Phi) is 6.02. The third kappa shape index (κ3) is 5.63. The molecule has 0 unspecified atom stereocenters. The first-order valence-electron chi connectivity index (χ1n) is 5.94. The molecule has 0 heterocycles. The van der Waals surface area contributed by atoms with E-state index in [9.17, 15) is 22.8 Å². The number of benzene rings is 1. The molecule has 4 nitrogen and oxygen atoms in total. The van der Waals surface area contributed by atoms with E-state index in [1.165, 1.54) is 0 Å². The van der Waals surface area contributed by atoms with Crippen LogP contribution in [0.3, 0.4) is 0 Å². The van der Waals surface area contributed by atoms with E-state index < -0.39 is 23.9 Å². The molecule has 8 heteroatoms. The van der Waals surface area contributed by atoms with Crippen LogP contribution in [-0.4, -0.2) is 30.6 Å². The van der Waals surface area contributed by atoms with Crippen LogP contribution in [0.2, 0.25) is 0 Å². The molecule has 0 atom stereocenters. The Bertz CT molecular complexity index is 492. The lowest BCUT2D eigenvalue weighted by molar-refractivity contribution is -0.274. The van der Waals surface area contributed by atoms with Gasteiger partial charge in [-0.25, -0.2) is 4.79 Å². The predicted octanol–water partition coefficient (Wildman–Crippen LogP) is 3.57. The SMILES string of the molecule is CCOC(=O)c1cc(OC(F)(F)F)cc(C(=O)CCCl)c1. The van der Waals surface area contributed by atoms with Gasteiger partial charge in [0.15, 0.2) is 5.78 Å². The Morgan fingerprint density at radius 3 is 2.33 bits per heavy atom. The second-order valence-corrected chi connectivity index (χ2v) is 4.25. The molecule has 0 amide bonds. The first-order chi connectivity index (χ1) is 9.76. The molecule has 0 saturated heterocycles. The van der Waals surface area contributed by atoms with Crippen LogP contribution in [0.25, 0.3) is 0 Å². The lowest BCUT2D eigenvalue weighted by Crippen LogP contribution is -2.18. The van der Waals surface area contributed by atoms with Crippen LogP contribution in [0.1, 0.15) is 34.1 Å². The van der Waals surface area contributed by atoms with Gasteiger partial charge in [0.1, 0.15) is 5.75 Å². The Morgan fingerprint density at radius 1 is 1.19 bits per heavy atom.